The Hall–Kier alpha value is -0.570. The van der Waals surface area contributed by atoms with E-state index >= 15 is 0 Å². The van der Waals surface area contributed by atoms with Crippen molar-refractivity contribution < 1.29 is 9.90 Å². The number of hydrogen-bond donors (Lipinski definition) is 2. The summed E-state index contributed by atoms with van der Waals surface area (Å²) in [5, 5.41) is 12.0. The van der Waals surface area contributed by atoms with Gasteiger partial charge in [0.2, 0.25) is 5.91 Å². The van der Waals surface area contributed by atoms with Crippen LogP contribution in [-0.4, -0.2) is 24.2 Å². The van der Waals surface area contributed by atoms with Gasteiger partial charge in [0.1, 0.15) is 0 Å². The lowest BCUT2D eigenvalue weighted by molar-refractivity contribution is -0.129. The number of aliphatic hydroxyl groups excluding tert-OH is 1. The molecule has 0 saturated heterocycles. The second-order valence-corrected chi connectivity index (χ2v) is 8.02. The first-order valence-electron chi connectivity index (χ1n) is 8.46. The molecule has 4 saturated carbocycles. The molecule has 0 aromatic carbocycles. The van der Waals surface area contributed by atoms with E-state index in [2.05, 4.69) is 12.2 Å². The van der Waals surface area contributed by atoms with Crippen molar-refractivity contribution in [3.05, 3.63) is 0 Å². The third-order valence-corrected chi connectivity index (χ3v) is 5.97. The third kappa shape index (κ3) is 3.03. The van der Waals surface area contributed by atoms with E-state index in [4.69, 9.17) is 5.11 Å². The quantitative estimate of drug-likeness (QED) is 0.785. The molecule has 4 aliphatic carbocycles. The number of hydrogen-bond acceptors (Lipinski definition) is 2. The zero-order chi connectivity index (χ0) is 14.2. The largest absolute Gasteiger partial charge is 0.396 e. The normalized spacial score (nSPS) is 39.8. The lowest BCUT2D eigenvalue weighted by Crippen LogP contribution is -2.48. The van der Waals surface area contributed by atoms with Crippen LogP contribution >= 0.6 is 0 Å². The summed E-state index contributed by atoms with van der Waals surface area (Å²) in [5.74, 6) is 3.38. The van der Waals surface area contributed by atoms with Crippen molar-refractivity contribution >= 4 is 5.91 Å². The Bertz CT molecular complexity index is 331. The smallest absolute Gasteiger partial charge is 0.220 e. The Morgan fingerprint density at radius 3 is 2.25 bits per heavy atom. The minimum atomic E-state index is 0.214. The summed E-state index contributed by atoms with van der Waals surface area (Å²) < 4.78 is 0. The van der Waals surface area contributed by atoms with E-state index in [1.807, 2.05) is 0 Å². The summed E-state index contributed by atoms with van der Waals surface area (Å²) in [4.78, 5) is 12.3. The molecule has 114 valence electrons. The van der Waals surface area contributed by atoms with Crippen LogP contribution in [-0.2, 0) is 4.79 Å². The van der Waals surface area contributed by atoms with Crippen molar-refractivity contribution in [2.24, 2.45) is 29.1 Å². The van der Waals surface area contributed by atoms with Gasteiger partial charge >= 0.3 is 0 Å². The van der Waals surface area contributed by atoms with E-state index < -0.39 is 0 Å². The van der Waals surface area contributed by atoms with Crippen LogP contribution in [0.4, 0.5) is 0 Å². The Kier molecular flexibility index (Phi) is 4.07. The van der Waals surface area contributed by atoms with Crippen molar-refractivity contribution in [3.8, 4) is 0 Å². The molecule has 20 heavy (non-hydrogen) atoms. The highest BCUT2D eigenvalue weighted by molar-refractivity contribution is 5.76. The molecule has 1 atom stereocenters. The molecule has 1 unspecified atom stereocenters. The van der Waals surface area contributed by atoms with Crippen molar-refractivity contribution in [3.63, 3.8) is 0 Å². The monoisotopic (exact) mass is 279 g/mol. The molecule has 2 N–H and O–H groups in total. The maximum atomic E-state index is 12.3. The number of carbonyl (C=O) groups excluding carboxylic acids is 1. The minimum absolute atomic E-state index is 0.214. The standard InChI is InChI=1S/C17H29NO2/c1-12(2-3-19)11-18-16(20)10-17-7-13-4-14(8-17)6-15(5-13)9-17/h12-15,19H,2-11H2,1H3,(H,18,20). The van der Waals surface area contributed by atoms with Gasteiger partial charge in [0.05, 0.1) is 0 Å². The van der Waals surface area contributed by atoms with Crippen LogP contribution in [0.25, 0.3) is 0 Å². The maximum Gasteiger partial charge on any atom is 0.220 e. The first-order chi connectivity index (χ1) is 9.58. The van der Waals surface area contributed by atoms with Crippen molar-refractivity contribution in [2.75, 3.05) is 13.2 Å². The van der Waals surface area contributed by atoms with Crippen LogP contribution in [0.15, 0.2) is 0 Å². The van der Waals surface area contributed by atoms with E-state index in [9.17, 15) is 4.79 Å². The maximum absolute atomic E-state index is 12.3. The Labute approximate surface area is 122 Å². The summed E-state index contributed by atoms with van der Waals surface area (Å²) in [6, 6.07) is 0. The van der Waals surface area contributed by atoms with E-state index in [-0.39, 0.29) is 12.5 Å². The van der Waals surface area contributed by atoms with Crippen LogP contribution in [0.1, 0.15) is 58.3 Å². The lowest BCUT2D eigenvalue weighted by atomic mass is 9.49. The second kappa shape index (κ2) is 5.67. The minimum Gasteiger partial charge on any atom is -0.396 e. The molecule has 4 rings (SSSR count). The third-order valence-electron chi connectivity index (χ3n) is 5.97. The topological polar surface area (TPSA) is 49.3 Å². The van der Waals surface area contributed by atoms with Crippen LogP contribution < -0.4 is 5.32 Å². The fourth-order valence-corrected chi connectivity index (χ4v) is 5.52. The van der Waals surface area contributed by atoms with Gasteiger partial charge in [0.25, 0.3) is 0 Å². The molecule has 0 aromatic rings. The van der Waals surface area contributed by atoms with Gasteiger partial charge in [-0.3, -0.25) is 4.79 Å². The molecule has 4 aliphatic rings. The molecule has 0 heterocycles. The van der Waals surface area contributed by atoms with E-state index in [0.717, 1.165) is 30.6 Å². The first kappa shape index (κ1) is 14.4. The summed E-state index contributed by atoms with van der Waals surface area (Å²) in [6.45, 7) is 3.01. The second-order valence-electron chi connectivity index (χ2n) is 8.02. The van der Waals surface area contributed by atoms with Gasteiger partial charge in [-0.15, -0.1) is 0 Å². The van der Waals surface area contributed by atoms with Crippen LogP contribution in [0.2, 0.25) is 0 Å². The van der Waals surface area contributed by atoms with Gasteiger partial charge in [-0.05, 0) is 74.0 Å². The number of carbonyl (C=O) groups is 1. The van der Waals surface area contributed by atoms with Gasteiger partial charge in [-0.2, -0.15) is 0 Å². The first-order valence-corrected chi connectivity index (χ1v) is 8.46. The molecule has 1 amide bonds. The highest BCUT2D eigenvalue weighted by Gasteiger charge is 2.51. The fraction of sp³-hybridized carbons (Fsp3) is 0.941. The highest BCUT2D eigenvalue weighted by atomic mass is 16.3. The number of amides is 1. The molecular formula is C17H29NO2. The molecule has 0 spiro atoms. The van der Waals surface area contributed by atoms with E-state index in [0.29, 0.717) is 17.9 Å². The lowest BCUT2D eigenvalue weighted by Gasteiger charge is -2.56. The SMILES string of the molecule is CC(CCO)CNC(=O)CC12CC3CC(CC(C3)C1)C2. The summed E-state index contributed by atoms with van der Waals surface area (Å²) >= 11 is 0. The van der Waals surface area contributed by atoms with Crippen molar-refractivity contribution in [2.45, 2.75) is 58.3 Å². The van der Waals surface area contributed by atoms with Gasteiger partial charge < -0.3 is 10.4 Å². The molecule has 0 aliphatic heterocycles. The molecule has 0 aromatic heterocycles. The van der Waals surface area contributed by atoms with Crippen molar-refractivity contribution in [1.82, 2.24) is 5.32 Å². The number of nitrogens with one attached hydrogen (secondary N) is 1. The highest BCUT2D eigenvalue weighted by Crippen LogP contribution is 2.61. The van der Waals surface area contributed by atoms with Crippen LogP contribution in [0.3, 0.4) is 0 Å². The molecule has 3 heteroatoms. The van der Waals surface area contributed by atoms with Gasteiger partial charge in [0, 0.05) is 19.6 Å². The molecule has 3 nitrogen and oxygen atoms in total. The average molecular weight is 279 g/mol. The molecule has 4 bridgehead atoms. The Morgan fingerprint density at radius 1 is 1.20 bits per heavy atom. The average Bonchev–Trinajstić information content (AvgIpc) is 2.34. The summed E-state index contributed by atoms with van der Waals surface area (Å²) in [6.07, 6.45) is 9.76. The Balaban J connectivity index is 1.51. The van der Waals surface area contributed by atoms with Gasteiger partial charge in [0.15, 0.2) is 0 Å². The zero-order valence-corrected chi connectivity index (χ0v) is 12.7. The predicted octanol–water partition coefficient (Wildman–Crippen LogP) is 2.73. The predicted molar refractivity (Wildman–Crippen MR) is 79.1 cm³/mol. The van der Waals surface area contributed by atoms with Crippen molar-refractivity contribution in [1.29, 1.82) is 0 Å². The zero-order valence-electron chi connectivity index (χ0n) is 12.7. The number of rotatable bonds is 6. The fourth-order valence-electron chi connectivity index (χ4n) is 5.52. The molecular weight excluding hydrogens is 250 g/mol. The summed E-state index contributed by atoms with van der Waals surface area (Å²) in [7, 11) is 0. The Morgan fingerprint density at radius 2 is 1.75 bits per heavy atom. The number of aliphatic hydroxyl groups is 1. The van der Waals surface area contributed by atoms with Crippen LogP contribution in [0.5, 0.6) is 0 Å². The van der Waals surface area contributed by atoms with E-state index in [1.165, 1.54) is 38.5 Å². The van der Waals surface area contributed by atoms with Gasteiger partial charge in [-0.1, -0.05) is 6.92 Å². The van der Waals surface area contributed by atoms with Gasteiger partial charge in [-0.25, -0.2) is 0 Å². The van der Waals surface area contributed by atoms with E-state index in [1.54, 1.807) is 0 Å². The van der Waals surface area contributed by atoms with Crippen LogP contribution in [0, 0.1) is 29.1 Å². The summed E-state index contributed by atoms with van der Waals surface area (Å²) in [5.41, 5.74) is 0.346. The molecule has 0 radical (unpaired) electrons. The molecule has 4 fully saturated rings.